The van der Waals surface area contributed by atoms with Crippen molar-refractivity contribution in [3.05, 3.63) is 29.3 Å². The zero-order valence-corrected chi connectivity index (χ0v) is 9.99. The smallest absolute Gasteiger partial charge is 0.125 e. The fourth-order valence-electron chi connectivity index (χ4n) is 2.25. The Hall–Kier alpha value is -1.06. The predicted octanol–water partition coefficient (Wildman–Crippen LogP) is 2.00. The fourth-order valence-corrected chi connectivity index (χ4v) is 2.25. The average molecular weight is 222 g/mol. The molecular formula is C13H18O3. The Balaban J connectivity index is 2.49. The number of aliphatic hydroxyl groups is 1. The first-order chi connectivity index (χ1) is 7.58. The first-order valence-electron chi connectivity index (χ1n) is 5.57. The van der Waals surface area contributed by atoms with E-state index in [1.807, 2.05) is 32.0 Å². The number of benzene rings is 1. The summed E-state index contributed by atoms with van der Waals surface area (Å²) in [5.74, 6) is 0.727. The van der Waals surface area contributed by atoms with Crippen LogP contribution >= 0.6 is 0 Å². The second-order valence-electron chi connectivity index (χ2n) is 4.39. The van der Waals surface area contributed by atoms with Crippen LogP contribution in [0.3, 0.4) is 0 Å². The largest absolute Gasteiger partial charge is 0.496 e. The van der Waals surface area contributed by atoms with Gasteiger partial charge in [-0.25, -0.2) is 0 Å². The van der Waals surface area contributed by atoms with Crippen molar-refractivity contribution in [2.24, 2.45) is 0 Å². The Morgan fingerprint density at radius 3 is 2.81 bits per heavy atom. The molecule has 1 aromatic carbocycles. The molecule has 0 amide bonds. The minimum absolute atomic E-state index is 0.191. The molecule has 16 heavy (non-hydrogen) atoms. The van der Waals surface area contributed by atoms with Crippen molar-refractivity contribution < 1.29 is 14.6 Å². The second kappa shape index (κ2) is 4.07. The lowest BCUT2D eigenvalue weighted by Crippen LogP contribution is -2.33. The molecule has 1 heterocycles. The molecule has 2 unspecified atom stereocenters. The van der Waals surface area contributed by atoms with Gasteiger partial charge in [0.25, 0.3) is 0 Å². The van der Waals surface area contributed by atoms with Crippen molar-refractivity contribution in [2.75, 3.05) is 13.7 Å². The highest BCUT2D eigenvalue weighted by Gasteiger charge is 2.43. The molecule has 1 N–H and O–H groups in total. The predicted molar refractivity (Wildman–Crippen MR) is 61.7 cm³/mol. The maximum Gasteiger partial charge on any atom is 0.125 e. The van der Waals surface area contributed by atoms with Crippen LogP contribution in [0.4, 0.5) is 0 Å². The van der Waals surface area contributed by atoms with Crippen LogP contribution in [0, 0.1) is 6.92 Å². The second-order valence-corrected chi connectivity index (χ2v) is 4.39. The van der Waals surface area contributed by atoms with E-state index >= 15 is 0 Å². The van der Waals surface area contributed by atoms with Crippen molar-refractivity contribution in [1.82, 2.24) is 0 Å². The maximum atomic E-state index is 10.7. The Kier molecular flexibility index (Phi) is 2.91. The van der Waals surface area contributed by atoms with E-state index in [2.05, 4.69) is 0 Å². The molecule has 2 atom stereocenters. The Labute approximate surface area is 96.0 Å². The maximum absolute atomic E-state index is 10.7. The molecule has 0 aliphatic carbocycles. The van der Waals surface area contributed by atoms with Gasteiger partial charge in [0.1, 0.15) is 11.4 Å². The minimum Gasteiger partial charge on any atom is -0.496 e. The molecule has 0 aromatic heterocycles. The van der Waals surface area contributed by atoms with Crippen LogP contribution in [0.25, 0.3) is 0 Å². The Bertz CT molecular complexity index is 389. The van der Waals surface area contributed by atoms with Gasteiger partial charge in [-0.05, 0) is 26.0 Å². The molecule has 1 aromatic rings. The molecule has 1 fully saturated rings. The molecule has 1 saturated heterocycles. The molecule has 0 radical (unpaired) electrons. The van der Waals surface area contributed by atoms with Gasteiger partial charge < -0.3 is 14.6 Å². The standard InChI is InChI=1S/C13H18O3/c1-9-4-5-12(15-3)11(8-9)13(14)6-7-16-10(13)2/h4-5,8,10,14H,6-7H2,1-3H3. The summed E-state index contributed by atoms with van der Waals surface area (Å²) >= 11 is 0. The molecule has 1 aliphatic rings. The average Bonchev–Trinajstić information content (AvgIpc) is 2.60. The summed E-state index contributed by atoms with van der Waals surface area (Å²) in [7, 11) is 1.62. The van der Waals surface area contributed by atoms with Crippen molar-refractivity contribution in [3.8, 4) is 5.75 Å². The first kappa shape index (κ1) is 11.4. The van der Waals surface area contributed by atoms with E-state index in [1.165, 1.54) is 0 Å². The van der Waals surface area contributed by atoms with Gasteiger partial charge in [0.15, 0.2) is 0 Å². The molecule has 88 valence electrons. The minimum atomic E-state index is -0.919. The summed E-state index contributed by atoms with van der Waals surface area (Å²) in [4.78, 5) is 0. The molecule has 0 bridgehead atoms. The normalized spacial score (nSPS) is 29.4. The van der Waals surface area contributed by atoms with Gasteiger partial charge in [0, 0.05) is 12.0 Å². The van der Waals surface area contributed by atoms with Gasteiger partial charge in [0.05, 0.1) is 19.8 Å². The third-order valence-electron chi connectivity index (χ3n) is 3.34. The summed E-state index contributed by atoms with van der Waals surface area (Å²) in [6.07, 6.45) is 0.428. The number of methoxy groups -OCH3 is 1. The van der Waals surface area contributed by atoms with Crippen LogP contribution in [0.15, 0.2) is 18.2 Å². The lowest BCUT2D eigenvalue weighted by atomic mass is 9.86. The van der Waals surface area contributed by atoms with E-state index in [0.29, 0.717) is 13.0 Å². The van der Waals surface area contributed by atoms with E-state index in [4.69, 9.17) is 9.47 Å². The van der Waals surface area contributed by atoms with Crippen molar-refractivity contribution >= 4 is 0 Å². The van der Waals surface area contributed by atoms with Crippen LogP contribution < -0.4 is 4.74 Å². The molecule has 2 rings (SSSR count). The first-order valence-corrected chi connectivity index (χ1v) is 5.57. The number of hydrogen-bond donors (Lipinski definition) is 1. The fraction of sp³-hybridized carbons (Fsp3) is 0.538. The number of hydrogen-bond acceptors (Lipinski definition) is 3. The van der Waals surface area contributed by atoms with E-state index in [1.54, 1.807) is 7.11 Å². The van der Waals surface area contributed by atoms with Crippen molar-refractivity contribution in [1.29, 1.82) is 0 Å². The van der Waals surface area contributed by atoms with Crippen LogP contribution in [0.1, 0.15) is 24.5 Å². The van der Waals surface area contributed by atoms with Gasteiger partial charge in [0.2, 0.25) is 0 Å². The monoisotopic (exact) mass is 222 g/mol. The highest BCUT2D eigenvalue weighted by atomic mass is 16.5. The lowest BCUT2D eigenvalue weighted by Gasteiger charge is -2.28. The molecular weight excluding hydrogens is 204 g/mol. The van der Waals surface area contributed by atoms with Crippen LogP contribution in [-0.2, 0) is 10.3 Å². The highest BCUT2D eigenvalue weighted by molar-refractivity contribution is 5.42. The molecule has 3 heteroatoms. The SMILES string of the molecule is COc1ccc(C)cc1C1(O)CCOC1C. The van der Waals surface area contributed by atoms with E-state index < -0.39 is 5.60 Å². The Morgan fingerprint density at radius 2 is 2.25 bits per heavy atom. The quantitative estimate of drug-likeness (QED) is 0.831. The number of rotatable bonds is 2. The third kappa shape index (κ3) is 1.70. The van der Waals surface area contributed by atoms with Crippen LogP contribution in [-0.4, -0.2) is 24.9 Å². The van der Waals surface area contributed by atoms with Gasteiger partial charge >= 0.3 is 0 Å². The van der Waals surface area contributed by atoms with Gasteiger partial charge in [-0.1, -0.05) is 11.6 Å². The molecule has 0 saturated carbocycles. The van der Waals surface area contributed by atoms with E-state index in [0.717, 1.165) is 16.9 Å². The van der Waals surface area contributed by atoms with Crippen molar-refractivity contribution in [2.45, 2.75) is 32.0 Å². The molecule has 3 nitrogen and oxygen atoms in total. The zero-order chi connectivity index (χ0) is 11.8. The van der Waals surface area contributed by atoms with Gasteiger partial charge in [-0.15, -0.1) is 0 Å². The van der Waals surface area contributed by atoms with Gasteiger partial charge in [-0.3, -0.25) is 0 Å². The summed E-state index contributed by atoms with van der Waals surface area (Å²) in [6, 6.07) is 5.85. The van der Waals surface area contributed by atoms with E-state index in [-0.39, 0.29) is 6.10 Å². The van der Waals surface area contributed by atoms with E-state index in [9.17, 15) is 5.11 Å². The van der Waals surface area contributed by atoms with Crippen LogP contribution in [0.2, 0.25) is 0 Å². The lowest BCUT2D eigenvalue weighted by molar-refractivity contribution is -0.0331. The topological polar surface area (TPSA) is 38.7 Å². The molecule has 1 aliphatic heterocycles. The van der Waals surface area contributed by atoms with Crippen LogP contribution in [0.5, 0.6) is 5.75 Å². The summed E-state index contributed by atoms with van der Waals surface area (Å²) in [5, 5.41) is 10.7. The summed E-state index contributed by atoms with van der Waals surface area (Å²) in [5.41, 5.74) is 1.03. The third-order valence-corrected chi connectivity index (χ3v) is 3.34. The highest BCUT2D eigenvalue weighted by Crippen LogP contribution is 2.40. The Morgan fingerprint density at radius 1 is 1.50 bits per heavy atom. The van der Waals surface area contributed by atoms with Gasteiger partial charge in [-0.2, -0.15) is 0 Å². The van der Waals surface area contributed by atoms with Crippen molar-refractivity contribution in [3.63, 3.8) is 0 Å². The summed E-state index contributed by atoms with van der Waals surface area (Å²) in [6.45, 7) is 4.50. The number of aryl methyl sites for hydroxylation is 1. The number of ether oxygens (including phenoxy) is 2. The zero-order valence-electron chi connectivity index (χ0n) is 9.99. The summed E-state index contributed by atoms with van der Waals surface area (Å²) < 4.78 is 10.8. The molecule has 0 spiro atoms.